The lowest BCUT2D eigenvalue weighted by molar-refractivity contribution is -0.120. The van der Waals surface area contributed by atoms with Gasteiger partial charge < -0.3 is 14.8 Å². The maximum atomic E-state index is 12.8. The molecule has 8 heteroatoms. The van der Waals surface area contributed by atoms with Crippen molar-refractivity contribution in [3.05, 3.63) is 70.2 Å². The number of nitrogens with one attached hydrogen (secondary N) is 1. The van der Waals surface area contributed by atoms with Gasteiger partial charge in [-0.15, -0.1) is 11.3 Å². The van der Waals surface area contributed by atoms with Crippen molar-refractivity contribution < 1.29 is 14.3 Å². The van der Waals surface area contributed by atoms with Gasteiger partial charge in [0.15, 0.2) is 0 Å². The number of aromatic nitrogens is 1. The van der Waals surface area contributed by atoms with Crippen molar-refractivity contribution in [2.45, 2.75) is 19.4 Å². The molecule has 2 aromatic carbocycles. The van der Waals surface area contributed by atoms with Crippen LogP contribution in [0.1, 0.15) is 24.2 Å². The number of carbonyl (C=O) groups is 1. The number of hydrogen-bond donors (Lipinski definition) is 1. The molecule has 0 saturated carbocycles. The summed E-state index contributed by atoms with van der Waals surface area (Å²) in [6.07, 6.45) is 0.228. The number of halogens is 1. The first-order valence-electron chi connectivity index (χ1n) is 11.1. The summed E-state index contributed by atoms with van der Waals surface area (Å²) in [5, 5.41) is 6.59. The Hall–Kier alpha value is -2.45. The van der Waals surface area contributed by atoms with Gasteiger partial charge in [0.2, 0.25) is 5.91 Å². The third-order valence-corrected chi connectivity index (χ3v) is 6.82. The smallest absolute Gasteiger partial charge is 0.226 e. The highest BCUT2D eigenvalue weighted by Gasteiger charge is 2.25. The molecule has 1 fully saturated rings. The van der Waals surface area contributed by atoms with E-state index < -0.39 is 0 Å². The van der Waals surface area contributed by atoms with E-state index in [1.165, 1.54) is 11.3 Å². The second-order valence-electron chi connectivity index (χ2n) is 7.74. The van der Waals surface area contributed by atoms with E-state index in [1.807, 2.05) is 60.8 Å². The highest BCUT2D eigenvalue weighted by Crippen LogP contribution is 2.32. The highest BCUT2D eigenvalue weighted by molar-refractivity contribution is 7.13. The lowest BCUT2D eigenvalue weighted by atomic mass is 10.0. The zero-order valence-corrected chi connectivity index (χ0v) is 20.2. The average Bonchev–Trinajstić information content (AvgIpc) is 3.30. The zero-order valence-electron chi connectivity index (χ0n) is 18.6. The Kier molecular flexibility index (Phi) is 8.34. The van der Waals surface area contributed by atoms with Crippen LogP contribution < -0.4 is 10.1 Å². The van der Waals surface area contributed by atoms with Crippen LogP contribution in [-0.4, -0.2) is 55.2 Å². The SMILES string of the molecule is CCOc1ccccc1-c1nc(CC(=O)NCC(c2ccccc2Cl)N2CCOCC2)cs1. The number of benzene rings is 2. The fourth-order valence-electron chi connectivity index (χ4n) is 3.94. The van der Waals surface area contributed by atoms with E-state index >= 15 is 0 Å². The molecule has 1 unspecified atom stereocenters. The van der Waals surface area contributed by atoms with Crippen LogP contribution in [-0.2, 0) is 16.0 Å². The fraction of sp³-hybridized carbons (Fsp3) is 0.360. The van der Waals surface area contributed by atoms with Gasteiger partial charge in [0.1, 0.15) is 10.8 Å². The minimum atomic E-state index is -0.0599. The molecule has 0 radical (unpaired) electrons. The molecular weight excluding hydrogens is 458 g/mol. The van der Waals surface area contributed by atoms with Gasteiger partial charge in [-0.05, 0) is 30.7 Å². The summed E-state index contributed by atoms with van der Waals surface area (Å²) < 4.78 is 11.2. The number of amides is 1. The molecule has 3 aromatic rings. The Bertz CT molecular complexity index is 1070. The van der Waals surface area contributed by atoms with Crippen LogP contribution in [0.3, 0.4) is 0 Å². The molecule has 1 atom stereocenters. The van der Waals surface area contributed by atoms with Gasteiger partial charge in [0, 0.05) is 30.0 Å². The standard InChI is InChI=1S/C25H28ClN3O3S/c1-2-32-23-10-6-4-8-20(23)25-28-18(17-33-25)15-24(30)27-16-22(29-11-13-31-14-12-29)19-7-3-5-9-21(19)26/h3-10,17,22H,2,11-16H2,1H3,(H,27,30). The maximum Gasteiger partial charge on any atom is 0.226 e. The van der Waals surface area contributed by atoms with Crippen molar-refractivity contribution in [1.29, 1.82) is 0 Å². The van der Waals surface area contributed by atoms with Crippen molar-refractivity contribution >= 4 is 28.8 Å². The summed E-state index contributed by atoms with van der Waals surface area (Å²) in [5.74, 6) is 0.744. The molecule has 33 heavy (non-hydrogen) atoms. The molecule has 1 aliphatic rings. The van der Waals surface area contributed by atoms with Gasteiger partial charge in [-0.25, -0.2) is 4.98 Å². The van der Waals surface area contributed by atoms with E-state index in [-0.39, 0.29) is 18.4 Å². The predicted octanol–water partition coefficient (Wildman–Crippen LogP) is 4.59. The molecule has 0 bridgehead atoms. The summed E-state index contributed by atoms with van der Waals surface area (Å²) in [6, 6.07) is 15.7. The summed E-state index contributed by atoms with van der Waals surface area (Å²) in [5.41, 5.74) is 2.71. The van der Waals surface area contributed by atoms with Gasteiger partial charge in [0.25, 0.3) is 0 Å². The summed E-state index contributed by atoms with van der Waals surface area (Å²) in [7, 11) is 0. The lowest BCUT2D eigenvalue weighted by Gasteiger charge is -2.35. The van der Waals surface area contributed by atoms with E-state index in [1.54, 1.807) is 0 Å². The third kappa shape index (κ3) is 6.12. The molecule has 1 N–H and O–H groups in total. The predicted molar refractivity (Wildman–Crippen MR) is 132 cm³/mol. The van der Waals surface area contributed by atoms with Crippen LogP contribution >= 0.6 is 22.9 Å². The second-order valence-corrected chi connectivity index (χ2v) is 9.00. The lowest BCUT2D eigenvalue weighted by Crippen LogP contribution is -2.44. The Morgan fingerprint density at radius 1 is 1.21 bits per heavy atom. The van der Waals surface area contributed by atoms with E-state index in [2.05, 4.69) is 15.2 Å². The number of ether oxygens (including phenoxy) is 2. The van der Waals surface area contributed by atoms with Crippen LogP contribution in [0.4, 0.5) is 0 Å². The Morgan fingerprint density at radius 2 is 1.97 bits per heavy atom. The van der Waals surface area contributed by atoms with Crippen LogP contribution in [0, 0.1) is 0 Å². The van der Waals surface area contributed by atoms with Gasteiger partial charge in [-0.2, -0.15) is 0 Å². The van der Waals surface area contributed by atoms with Crippen molar-refractivity contribution in [3.8, 4) is 16.3 Å². The highest BCUT2D eigenvalue weighted by atomic mass is 35.5. The van der Waals surface area contributed by atoms with E-state index in [0.717, 1.165) is 40.7 Å². The van der Waals surface area contributed by atoms with Crippen LogP contribution in [0.2, 0.25) is 5.02 Å². The van der Waals surface area contributed by atoms with Crippen molar-refractivity contribution in [1.82, 2.24) is 15.2 Å². The van der Waals surface area contributed by atoms with Crippen molar-refractivity contribution in [3.63, 3.8) is 0 Å². The number of nitrogens with zero attached hydrogens (tertiary/aromatic N) is 2. The van der Waals surface area contributed by atoms with Crippen molar-refractivity contribution in [2.75, 3.05) is 39.5 Å². The molecule has 6 nitrogen and oxygen atoms in total. The minimum Gasteiger partial charge on any atom is -0.493 e. The van der Waals surface area contributed by atoms with Crippen LogP contribution in [0.15, 0.2) is 53.9 Å². The number of carbonyl (C=O) groups excluding carboxylic acids is 1. The minimum absolute atomic E-state index is 0.00406. The molecule has 1 aliphatic heterocycles. The Balaban J connectivity index is 1.41. The summed E-state index contributed by atoms with van der Waals surface area (Å²) in [6.45, 7) is 6.00. The zero-order chi connectivity index (χ0) is 23.0. The number of para-hydroxylation sites is 1. The Labute approximate surface area is 203 Å². The first-order valence-corrected chi connectivity index (χ1v) is 12.4. The fourth-order valence-corrected chi connectivity index (χ4v) is 5.06. The van der Waals surface area contributed by atoms with E-state index in [0.29, 0.717) is 31.4 Å². The number of thiazole rings is 1. The largest absolute Gasteiger partial charge is 0.493 e. The molecule has 4 rings (SSSR count). The van der Waals surface area contributed by atoms with E-state index in [9.17, 15) is 4.79 Å². The summed E-state index contributed by atoms with van der Waals surface area (Å²) in [4.78, 5) is 19.8. The van der Waals surface area contributed by atoms with Crippen LogP contribution in [0.25, 0.3) is 10.6 Å². The van der Waals surface area contributed by atoms with Crippen molar-refractivity contribution in [2.24, 2.45) is 0 Å². The second kappa shape index (κ2) is 11.6. The molecule has 1 saturated heterocycles. The average molecular weight is 486 g/mol. The normalized spacial score (nSPS) is 15.2. The monoisotopic (exact) mass is 485 g/mol. The molecule has 1 amide bonds. The number of hydrogen-bond acceptors (Lipinski definition) is 6. The number of morpholine rings is 1. The summed E-state index contributed by atoms with van der Waals surface area (Å²) >= 11 is 8.01. The quantitative estimate of drug-likeness (QED) is 0.480. The third-order valence-electron chi connectivity index (χ3n) is 5.55. The first kappa shape index (κ1) is 23.7. The molecule has 174 valence electrons. The Morgan fingerprint density at radius 3 is 2.76 bits per heavy atom. The van der Waals surface area contributed by atoms with Gasteiger partial charge in [0.05, 0.1) is 43.5 Å². The molecule has 0 aliphatic carbocycles. The van der Waals surface area contributed by atoms with Gasteiger partial charge in [-0.3, -0.25) is 9.69 Å². The molecule has 2 heterocycles. The van der Waals surface area contributed by atoms with Gasteiger partial charge >= 0.3 is 0 Å². The van der Waals surface area contributed by atoms with Gasteiger partial charge in [-0.1, -0.05) is 41.9 Å². The maximum absolute atomic E-state index is 12.8. The van der Waals surface area contributed by atoms with E-state index in [4.69, 9.17) is 21.1 Å². The molecule has 0 spiro atoms. The topological polar surface area (TPSA) is 63.7 Å². The first-order chi connectivity index (χ1) is 16.2. The molecule has 1 aromatic heterocycles. The molecular formula is C25H28ClN3O3S. The van der Waals surface area contributed by atoms with Crippen LogP contribution in [0.5, 0.6) is 5.75 Å². The number of rotatable bonds is 9.